The number of fused-ring (bicyclic) bond motifs is 1. The third-order valence-corrected chi connectivity index (χ3v) is 6.07. The van der Waals surface area contributed by atoms with Crippen molar-refractivity contribution in [3.05, 3.63) is 50.4 Å². The predicted octanol–water partition coefficient (Wildman–Crippen LogP) is 5.26. The lowest BCUT2D eigenvalue weighted by atomic mass is 10.1. The maximum absolute atomic E-state index is 12.5. The van der Waals surface area contributed by atoms with Gasteiger partial charge in [0.1, 0.15) is 5.37 Å². The van der Waals surface area contributed by atoms with Gasteiger partial charge in [0.25, 0.3) is 0 Å². The Morgan fingerprint density at radius 3 is 2.46 bits per heavy atom. The largest absolute Gasteiger partial charge is 0.454 e. The van der Waals surface area contributed by atoms with Crippen LogP contribution in [0.4, 0.5) is 5.69 Å². The average Bonchev–Trinajstić information content (AvgIpc) is 3.11. The van der Waals surface area contributed by atoms with Crippen LogP contribution in [0.2, 0.25) is 10.0 Å². The van der Waals surface area contributed by atoms with Crippen LogP contribution >= 0.6 is 50.9 Å². The van der Waals surface area contributed by atoms with E-state index in [2.05, 4.69) is 15.9 Å². The van der Waals surface area contributed by atoms with E-state index in [1.165, 1.54) is 0 Å². The Bertz CT molecular complexity index is 828. The summed E-state index contributed by atoms with van der Waals surface area (Å²) < 4.78 is 11.7. The number of benzene rings is 2. The second-order valence-electron chi connectivity index (χ2n) is 5.28. The van der Waals surface area contributed by atoms with Crippen LogP contribution in [0.3, 0.4) is 0 Å². The van der Waals surface area contributed by atoms with Gasteiger partial charge in [-0.1, -0.05) is 39.1 Å². The predicted molar refractivity (Wildman–Crippen MR) is 99.4 cm³/mol. The number of hydrogen-bond acceptors (Lipinski definition) is 4. The summed E-state index contributed by atoms with van der Waals surface area (Å²) >= 11 is 17.3. The van der Waals surface area contributed by atoms with Crippen molar-refractivity contribution in [1.82, 2.24) is 0 Å². The molecule has 4 rings (SSSR count). The number of anilines is 1. The van der Waals surface area contributed by atoms with Crippen molar-refractivity contribution < 1.29 is 14.3 Å². The van der Waals surface area contributed by atoms with Crippen LogP contribution < -0.4 is 14.4 Å². The molecule has 4 nitrogen and oxygen atoms in total. The third kappa shape index (κ3) is 2.86. The fourth-order valence-corrected chi connectivity index (χ4v) is 5.14. The molecule has 1 amide bonds. The standard InChI is InChI=1S/C16H10BrCl2NO3S/c17-12-5-14-13(22-7-23-14)4-11(12)16-20(15(21)6-24-16)10-2-8(18)1-9(19)3-10/h1-5,16H,6-7H2/t16-/m1/s1. The Hall–Kier alpha value is -1.08. The first kappa shape index (κ1) is 16.4. The molecule has 0 aromatic heterocycles. The highest BCUT2D eigenvalue weighted by Crippen LogP contribution is 2.48. The van der Waals surface area contributed by atoms with E-state index in [1.54, 1.807) is 34.9 Å². The zero-order valence-corrected chi connectivity index (χ0v) is 16.0. The molecule has 0 radical (unpaired) electrons. The van der Waals surface area contributed by atoms with E-state index in [-0.39, 0.29) is 18.1 Å². The smallest absolute Gasteiger partial charge is 0.238 e. The van der Waals surface area contributed by atoms with Crippen molar-refractivity contribution in [2.75, 3.05) is 17.4 Å². The summed E-state index contributed by atoms with van der Waals surface area (Å²) in [6.45, 7) is 0.204. The summed E-state index contributed by atoms with van der Waals surface area (Å²) in [6, 6.07) is 8.90. The van der Waals surface area contributed by atoms with Crippen molar-refractivity contribution in [2.24, 2.45) is 0 Å². The van der Waals surface area contributed by atoms with E-state index in [1.807, 2.05) is 12.1 Å². The molecule has 8 heteroatoms. The molecule has 2 aromatic rings. The molecule has 2 aliphatic rings. The Balaban J connectivity index is 1.78. The topological polar surface area (TPSA) is 38.8 Å². The van der Waals surface area contributed by atoms with Gasteiger partial charge in [0, 0.05) is 25.8 Å². The van der Waals surface area contributed by atoms with Crippen LogP contribution in [0.5, 0.6) is 11.5 Å². The van der Waals surface area contributed by atoms with Crippen molar-refractivity contribution in [3.63, 3.8) is 0 Å². The molecule has 2 aromatic carbocycles. The van der Waals surface area contributed by atoms with Crippen molar-refractivity contribution in [2.45, 2.75) is 5.37 Å². The molecular weight excluding hydrogens is 437 g/mol. The molecule has 0 N–H and O–H groups in total. The maximum Gasteiger partial charge on any atom is 0.238 e. The summed E-state index contributed by atoms with van der Waals surface area (Å²) in [7, 11) is 0. The molecular formula is C16H10BrCl2NO3S. The molecule has 124 valence electrons. The van der Waals surface area contributed by atoms with Crippen LogP contribution in [0.25, 0.3) is 0 Å². The number of halogens is 3. The number of carbonyl (C=O) groups is 1. The highest BCUT2D eigenvalue weighted by molar-refractivity contribution is 9.10. The van der Waals surface area contributed by atoms with E-state index in [4.69, 9.17) is 32.7 Å². The second kappa shape index (κ2) is 6.33. The summed E-state index contributed by atoms with van der Waals surface area (Å²) in [5.74, 6) is 1.76. The SMILES string of the molecule is O=C1CS[C@H](c2cc3c(cc2Br)OCO3)N1c1cc(Cl)cc(Cl)c1. The summed E-state index contributed by atoms with van der Waals surface area (Å²) in [4.78, 5) is 14.2. The Kier molecular flexibility index (Phi) is 4.33. The van der Waals surface area contributed by atoms with Crippen molar-refractivity contribution in [1.29, 1.82) is 0 Å². The van der Waals surface area contributed by atoms with Crippen LogP contribution in [-0.4, -0.2) is 18.5 Å². The normalized spacial score (nSPS) is 19.2. The molecule has 0 spiro atoms. The van der Waals surface area contributed by atoms with Gasteiger partial charge in [-0.2, -0.15) is 0 Å². The highest BCUT2D eigenvalue weighted by Gasteiger charge is 2.36. The van der Waals surface area contributed by atoms with E-state index in [9.17, 15) is 4.79 Å². The fourth-order valence-electron chi connectivity index (χ4n) is 2.73. The lowest BCUT2D eigenvalue weighted by Crippen LogP contribution is -2.28. The minimum absolute atomic E-state index is 0.00731. The molecule has 0 unspecified atom stereocenters. The van der Waals surface area contributed by atoms with Crippen LogP contribution in [0, 0.1) is 0 Å². The van der Waals surface area contributed by atoms with Crippen molar-refractivity contribution in [3.8, 4) is 11.5 Å². The molecule has 2 heterocycles. The molecule has 2 aliphatic heterocycles. The third-order valence-electron chi connectivity index (χ3n) is 3.75. The molecule has 1 fully saturated rings. The number of hydrogen-bond donors (Lipinski definition) is 0. The molecule has 1 atom stereocenters. The zero-order valence-electron chi connectivity index (χ0n) is 12.1. The lowest BCUT2D eigenvalue weighted by Gasteiger charge is -2.25. The summed E-state index contributed by atoms with van der Waals surface area (Å²) in [6.07, 6.45) is 0. The fraction of sp³-hybridized carbons (Fsp3) is 0.188. The first-order valence-electron chi connectivity index (χ1n) is 7.02. The number of amides is 1. The first-order chi connectivity index (χ1) is 11.5. The molecule has 0 bridgehead atoms. The average molecular weight is 447 g/mol. The van der Waals surface area contributed by atoms with Crippen LogP contribution in [0.15, 0.2) is 34.8 Å². The van der Waals surface area contributed by atoms with Gasteiger partial charge in [-0.25, -0.2) is 0 Å². The van der Waals surface area contributed by atoms with Crippen LogP contribution in [-0.2, 0) is 4.79 Å². The lowest BCUT2D eigenvalue weighted by molar-refractivity contribution is -0.115. The van der Waals surface area contributed by atoms with Gasteiger partial charge >= 0.3 is 0 Å². The summed E-state index contributed by atoms with van der Waals surface area (Å²) in [5, 5.41) is 0.785. The number of ether oxygens (including phenoxy) is 2. The van der Waals surface area contributed by atoms with Gasteiger partial charge in [-0.3, -0.25) is 9.69 Å². The summed E-state index contributed by atoms with van der Waals surface area (Å²) in [5.41, 5.74) is 1.61. The second-order valence-corrected chi connectivity index (χ2v) is 8.08. The van der Waals surface area contributed by atoms with E-state index >= 15 is 0 Å². The Morgan fingerprint density at radius 2 is 1.75 bits per heavy atom. The molecule has 0 aliphatic carbocycles. The van der Waals surface area contributed by atoms with Gasteiger partial charge in [0.05, 0.1) is 5.75 Å². The van der Waals surface area contributed by atoms with Crippen molar-refractivity contribution >= 4 is 62.5 Å². The first-order valence-corrected chi connectivity index (χ1v) is 9.61. The monoisotopic (exact) mass is 445 g/mol. The number of carbonyl (C=O) groups excluding carboxylic acids is 1. The van der Waals surface area contributed by atoms with Gasteiger partial charge in [-0.05, 0) is 30.3 Å². The number of rotatable bonds is 2. The van der Waals surface area contributed by atoms with Gasteiger partial charge < -0.3 is 9.47 Å². The minimum atomic E-state index is -0.198. The molecule has 0 saturated carbocycles. The quantitative estimate of drug-likeness (QED) is 0.630. The maximum atomic E-state index is 12.5. The Labute approximate surface area is 161 Å². The Morgan fingerprint density at radius 1 is 1.08 bits per heavy atom. The minimum Gasteiger partial charge on any atom is -0.454 e. The highest BCUT2D eigenvalue weighted by atomic mass is 79.9. The van der Waals surface area contributed by atoms with E-state index < -0.39 is 0 Å². The number of nitrogens with zero attached hydrogens (tertiary/aromatic N) is 1. The van der Waals surface area contributed by atoms with E-state index in [0.717, 1.165) is 10.0 Å². The van der Waals surface area contributed by atoms with E-state index in [0.29, 0.717) is 33.0 Å². The molecule has 24 heavy (non-hydrogen) atoms. The number of thioether (sulfide) groups is 1. The van der Waals surface area contributed by atoms with Gasteiger partial charge in [0.15, 0.2) is 11.5 Å². The van der Waals surface area contributed by atoms with Gasteiger partial charge in [-0.15, -0.1) is 11.8 Å². The molecule has 1 saturated heterocycles. The van der Waals surface area contributed by atoms with Crippen LogP contribution in [0.1, 0.15) is 10.9 Å². The zero-order chi connectivity index (χ0) is 16.8. The van der Waals surface area contributed by atoms with Gasteiger partial charge in [0.2, 0.25) is 12.7 Å².